The second kappa shape index (κ2) is 7.58. The summed E-state index contributed by atoms with van der Waals surface area (Å²) >= 11 is 6.11. The normalized spacial score (nSPS) is 11.9. The van der Waals surface area contributed by atoms with Crippen LogP contribution in [-0.4, -0.2) is 24.3 Å². The maximum absolute atomic E-state index is 11.6. The number of carboxylic acid groups (broad SMARTS) is 1. The molecular weight excluding hydrogens is 328 g/mol. The van der Waals surface area contributed by atoms with Crippen LogP contribution in [0.25, 0.3) is 0 Å². The van der Waals surface area contributed by atoms with E-state index in [2.05, 4.69) is 0 Å². The third kappa shape index (κ3) is 4.20. The van der Waals surface area contributed by atoms with Crippen LogP contribution in [0.2, 0.25) is 5.02 Å². The van der Waals surface area contributed by atoms with Gasteiger partial charge in [0.15, 0.2) is 6.10 Å². The summed E-state index contributed by atoms with van der Waals surface area (Å²) in [6.45, 7) is 5.86. The summed E-state index contributed by atoms with van der Waals surface area (Å²) in [7, 11) is 1.53. The Kier molecular flexibility index (Phi) is 5.73. The van der Waals surface area contributed by atoms with Crippen molar-refractivity contribution in [1.29, 1.82) is 0 Å². The van der Waals surface area contributed by atoms with E-state index in [1.54, 1.807) is 18.2 Å². The van der Waals surface area contributed by atoms with E-state index >= 15 is 0 Å². The molecule has 1 N–H and O–H groups in total. The molecule has 2 aromatic rings. The van der Waals surface area contributed by atoms with E-state index < -0.39 is 12.1 Å². The minimum atomic E-state index is -1.01. The highest BCUT2D eigenvalue weighted by atomic mass is 35.5. The van der Waals surface area contributed by atoms with Gasteiger partial charge in [0.2, 0.25) is 0 Å². The molecule has 2 rings (SSSR count). The molecule has 128 valence electrons. The fourth-order valence-electron chi connectivity index (χ4n) is 2.51. The van der Waals surface area contributed by atoms with Crippen molar-refractivity contribution in [3.8, 4) is 11.5 Å². The van der Waals surface area contributed by atoms with Crippen LogP contribution in [0.4, 0.5) is 0 Å². The van der Waals surface area contributed by atoms with E-state index in [4.69, 9.17) is 21.1 Å². The molecule has 0 aromatic heterocycles. The number of halogens is 1. The summed E-state index contributed by atoms with van der Waals surface area (Å²) in [5, 5.41) is 9.96. The average molecular weight is 349 g/mol. The standard InChI is InChI=1S/C19H21ClO4/c1-11-7-12(2)13(3)17(8-11)24-18(19(21)22)10-14-5-6-16(23-4)15(20)9-14/h5-9,18H,10H2,1-4H3,(H,21,22). The second-order valence-electron chi connectivity index (χ2n) is 5.82. The third-order valence-electron chi connectivity index (χ3n) is 3.95. The minimum Gasteiger partial charge on any atom is -0.495 e. The molecule has 0 radical (unpaired) electrons. The molecule has 0 aliphatic heterocycles. The molecule has 0 heterocycles. The molecule has 0 fully saturated rings. The van der Waals surface area contributed by atoms with Gasteiger partial charge in [-0.2, -0.15) is 0 Å². The first-order chi connectivity index (χ1) is 11.3. The largest absolute Gasteiger partial charge is 0.495 e. The zero-order valence-electron chi connectivity index (χ0n) is 14.2. The summed E-state index contributed by atoms with van der Waals surface area (Å²) in [5.41, 5.74) is 3.82. The number of ether oxygens (including phenoxy) is 2. The fourth-order valence-corrected chi connectivity index (χ4v) is 2.79. The number of hydrogen-bond acceptors (Lipinski definition) is 3. The van der Waals surface area contributed by atoms with Crippen molar-refractivity contribution in [3.05, 3.63) is 57.6 Å². The Bertz CT molecular complexity index is 755. The molecule has 0 saturated heterocycles. The number of aryl methyl sites for hydroxylation is 2. The van der Waals surface area contributed by atoms with Crippen molar-refractivity contribution in [1.82, 2.24) is 0 Å². The van der Waals surface area contributed by atoms with Gasteiger partial charge in [0.1, 0.15) is 11.5 Å². The van der Waals surface area contributed by atoms with Gasteiger partial charge in [0, 0.05) is 6.42 Å². The quantitative estimate of drug-likeness (QED) is 0.843. The van der Waals surface area contributed by atoms with Crippen LogP contribution in [0.3, 0.4) is 0 Å². The Balaban J connectivity index is 2.25. The van der Waals surface area contributed by atoms with Crippen LogP contribution in [0, 0.1) is 20.8 Å². The summed E-state index contributed by atoms with van der Waals surface area (Å²) in [5.74, 6) is 0.137. The molecule has 0 bridgehead atoms. The van der Waals surface area contributed by atoms with E-state index in [0.717, 1.165) is 22.3 Å². The van der Waals surface area contributed by atoms with Crippen molar-refractivity contribution < 1.29 is 19.4 Å². The maximum atomic E-state index is 11.6. The first kappa shape index (κ1) is 18.1. The highest BCUT2D eigenvalue weighted by Gasteiger charge is 2.22. The van der Waals surface area contributed by atoms with Crippen LogP contribution in [0.15, 0.2) is 30.3 Å². The number of hydrogen-bond donors (Lipinski definition) is 1. The van der Waals surface area contributed by atoms with Crippen molar-refractivity contribution in [2.45, 2.75) is 33.3 Å². The van der Waals surface area contributed by atoms with E-state index in [9.17, 15) is 9.90 Å². The van der Waals surface area contributed by atoms with Crippen LogP contribution >= 0.6 is 11.6 Å². The van der Waals surface area contributed by atoms with Gasteiger partial charge in [-0.25, -0.2) is 4.79 Å². The Labute approximate surface area is 147 Å². The SMILES string of the molecule is COc1ccc(CC(Oc2cc(C)cc(C)c2C)C(=O)O)cc1Cl. The maximum Gasteiger partial charge on any atom is 0.345 e. The van der Waals surface area contributed by atoms with Gasteiger partial charge < -0.3 is 14.6 Å². The van der Waals surface area contributed by atoms with Gasteiger partial charge >= 0.3 is 5.97 Å². The van der Waals surface area contributed by atoms with Gasteiger partial charge in [-0.05, 0) is 61.2 Å². The van der Waals surface area contributed by atoms with Crippen LogP contribution in [-0.2, 0) is 11.2 Å². The number of methoxy groups -OCH3 is 1. The molecule has 4 nitrogen and oxygen atoms in total. The zero-order valence-corrected chi connectivity index (χ0v) is 15.0. The number of aliphatic carboxylic acids is 1. The number of rotatable bonds is 6. The molecule has 5 heteroatoms. The van der Waals surface area contributed by atoms with Crippen molar-refractivity contribution in [2.75, 3.05) is 7.11 Å². The summed E-state index contributed by atoms with van der Waals surface area (Å²) < 4.78 is 10.9. The first-order valence-electron chi connectivity index (χ1n) is 7.61. The molecule has 0 aliphatic carbocycles. The van der Waals surface area contributed by atoms with E-state index in [-0.39, 0.29) is 6.42 Å². The van der Waals surface area contributed by atoms with Crippen molar-refractivity contribution >= 4 is 17.6 Å². The third-order valence-corrected chi connectivity index (χ3v) is 4.24. The molecule has 0 spiro atoms. The van der Waals surface area contributed by atoms with Crippen molar-refractivity contribution in [2.24, 2.45) is 0 Å². The first-order valence-corrected chi connectivity index (χ1v) is 7.99. The lowest BCUT2D eigenvalue weighted by Gasteiger charge is -2.19. The Morgan fingerprint density at radius 2 is 1.88 bits per heavy atom. The molecule has 0 aliphatic rings. The van der Waals surface area contributed by atoms with Gasteiger partial charge in [0.05, 0.1) is 12.1 Å². The lowest BCUT2D eigenvalue weighted by atomic mass is 10.0. The summed E-state index contributed by atoms with van der Waals surface area (Å²) in [4.78, 5) is 11.6. The van der Waals surface area contributed by atoms with Crippen molar-refractivity contribution in [3.63, 3.8) is 0 Å². The second-order valence-corrected chi connectivity index (χ2v) is 6.23. The molecule has 2 aromatic carbocycles. The monoisotopic (exact) mass is 348 g/mol. The molecule has 1 atom stereocenters. The van der Waals surface area contributed by atoms with Gasteiger partial charge in [-0.3, -0.25) is 0 Å². The van der Waals surface area contributed by atoms with E-state index in [0.29, 0.717) is 16.5 Å². The van der Waals surface area contributed by atoms with Gasteiger partial charge in [0.25, 0.3) is 0 Å². The van der Waals surface area contributed by atoms with Crippen LogP contribution < -0.4 is 9.47 Å². The molecule has 1 unspecified atom stereocenters. The minimum absolute atomic E-state index is 0.214. The lowest BCUT2D eigenvalue weighted by Crippen LogP contribution is -2.29. The average Bonchev–Trinajstić information content (AvgIpc) is 2.51. The Morgan fingerprint density at radius 3 is 2.46 bits per heavy atom. The summed E-state index contributed by atoms with van der Waals surface area (Å²) in [6, 6.07) is 9.12. The van der Waals surface area contributed by atoms with Gasteiger partial charge in [-0.1, -0.05) is 23.7 Å². The molecule has 0 saturated carbocycles. The van der Waals surface area contributed by atoms with Crippen LogP contribution in [0.5, 0.6) is 11.5 Å². The Hall–Kier alpha value is -2.20. The summed E-state index contributed by atoms with van der Waals surface area (Å²) in [6.07, 6.45) is -0.778. The van der Waals surface area contributed by atoms with E-state index in [1.807, 2.05) is 32.9 Å². The fraction of sp³-hybridized carbons (Fsp3) is 0.316. The number of carboxylic acids is 1. The van der Waals surface area contributed by atoms with Crippen LogP contribution in [0.1, 0.15) is 22.3 Å². The molecule has 24 heavy (non-hydrogen) atoms. The predicted molar refractivity (Wildman–Crippen MR) is 94.4 cm³/mol. The highest BCUT2D eigenvalue weighted by Crippen LogP contribution is 2.28. The molecule has 0 amide bonds. The molecular formula is C19H21ClO4. The van der Waals surface area contributed by atoms with E-state index in [1.165, 1.54) is 7.11 Å². The Morgan fingerprint density at radius 1 is 1.17 bits per heavy atom. The van der Waals surface area contributed by atoms with Gasteiger partial charge in [-0.15, -0.1) is 0 Å². The number of benzene rings is 2. The smallest absolute Gasteiger partial charge is 0.345 e. The lowest BCUT2D eigenvalue weighted by molar-refractivity contribution is -0.145. The highest BCUT2D eigenvalue weighted by molar-refractivity contribution is 6.32. The number of carbonyl (C=O) groups is 1. The topological polar surface area (TPSA) is 55.8 Å². The predicted octanol–water partition coefficient (Wildman–Crippen LogP) is 4.35. The zero-order chi connectivity index (χ0) is 17.9.